The Morgan fingerprint density at radius 1 is 0.947 bits per heavy atom. The molecule has 0 spiro atoms. The monoisotopic (exact) mass is 261 g/mol. The summed E-state index contributed by atoms with van der Waals surface area (Å²) in [5, 5.41) is 0. The molecule has 1 rings (SSSR count). The first kappa shape index (κ1) is 15.9. The van der Waals surface area contributed by atoms with Gasteiger partial charge in [0.15, 0.2) is 5.78 Å². The Morgan fingerprint density at radius 3 is 1.58 bits per heavy atom. The molecule has 0 radical (unpaired) electrons. The van der Waals surface area contributed by atoms with Crippen LogP contribution in [0.5, 0.6) is 0 Å². The van der Waals surface area contributed by atoms with Gasteiger partial charge in [-0.15, -0.1) is 0 Å². The molecule has 0 aromatic heterocycles. The Morgan fingerprint density at radius 2 is 1.32 bits per heavy atom. The van der Waals surface area contributed by atoms with Gasteiger partial charge in [0.2, 0.25) is 0 Å². The van der Waals surface area contributed by atoms with Gasteiger partial charge in [-0.2, -0.15) is 0 Å². The number of ketones is 1. The van der Waals surface area contributed by atoms with E-state index in [-0.39, 0.29) is 16.6 Å². The molecule has 0 aliphatic carbocycles. The third-order valence-corrected chi connectivity index (χ3v) is 3.36. The van der Waals surface area contributed by atoms with Gasteiger partial charge in [0.1, 0.15) is 0 Å². The molecule has 0 aliphatic rings. The first-order valence-corrected chi connectivity index (χ1v) is 6.89. The Balaban J connectivity index is 3.46. The van der Waals surface area contributed by atoms with Crippen molar-refractivity contribution < 1.29 is 4.79 Å². The zero-order valence-electron chi connectivity index (χ0n) is 13.3. The fourth-order valence-electron chi connectivity index (χ4n) is 1.90. The molecular weight excluding hydrogens is 234 g/mol. The standard InChI is InChI=1S/C17H27NO/c1-11(18)15(19)12-8-13(16(2,3)4)10-14(9-12)17(5,6)7/h8-11H,18H2,1-7H3. The van der Waals surface area contributed by atoms with Gasteiger partial charge >= 0.3 is 0 Å². The van der Waals surface area contributed by atoms with Gasteiger partial charge in [-0.1, -0.05) is 47.6 Å². The second kappa shape index (κ2) is 5.09. The minimum Gasteiger partial charge on any atom is -0.321 e. The molecule has 1 aromatic carbocycles. The molecule has 2 N–H and O–H groups in total. The molecular formula is C17H27NO. The number of carbonyl (C=O) groups excluding carboxylic acids is 1. The highest BCUT2D eigenvalue weighted by molar-refractivity contribution is 6.00. The third-order valence-electron chi connectivity index (χ3n) is 3.36. The van der Waals surface area contributed by atoms with Crippen LogP contribution in [0, 0.1) is 0 Å². The molecule has 0 heterocycles. The van der Waals surface area contributed by atoms with E-state index in [4.69, 9.17) is 5.73 Å². The summed E-state index contributed by atoms with van der Waals surface area (Å²) in [6.07, 6.45) is 0. The molecule has 0 amide bonds. The van der Waals surface area contributed by atoms with Crippen molar-refractivity contribution in [3.63, 3.8) is 0 Å². The van der Waals surface area contributed by atoms with Crippen LogP contribution >= 0.6 is 0 Å². The van der Waals surface area contributed by atoms with Crippen molar-refractivity contribution in [2.75, 3.05) is 0 Å². The lowest BCUT2D eigenvalue weighted by Gasteiger charge is -2.26. The third kappa shape index (κ3) is 3.90. The van der Waals surface area contributed by atoms with Crippen LogP contribution in [0.2, 0.25) is 0 Å². The maximum atomic E-state index is 12.2. The Kier molecular flexibility index (Phi) is 4.26. The Labute approximate surface area is 117 Å². The molecule has 1 unspecified atom stereocenters. The number of rotatable bonds is 2. The quantitative estimate of drug-likeness (QED) is 0.823. The van der Waals surface area contributed by atoms with E-state index in [1.54, 1.807) is 6.92 Å². The van der Waals surface area contributed by atoms with Crippen LogP contribution in [0.4, 0.5) is 0 Å². The molecule has 1 aromatic rings. The largest absolute Gasteiger partial charge is 0.321 e. The van der Waals surface area contributed by atoms with E-state index >= 15 is 0 Å². The first-order chi connectivity index (χ1) is 8.43. The second-order valence-corrected chi connectivity index (χ2v) is 7.45. The average Bonchev–Trinajstić information content (AvgIpc) is 2.24. The van der Waals surface area contributed by atoms with Crippen LogP contribution in [-0.2, 0) is 10.8 Å². The van der Waals surface area contributed by atoms with Crippen molar-refractivity contribution in [1.82, 2.24) is 0 Å². The number of hydrogen-bond acceptors (Lipinski definition) is 2. The van der Waals surface area contributed by atoms with Gasteiger partial charge in [-0.05, 0) is 41.0 Å². The summed E-state index contributed by atoms with van der Waals surface area (Å²) in [5.74, 6) is 0.0107. The van der Waals surface area contributed by atoms with E-state index in [0.29, 0.717) is 0 Å². The SMILES string of the molecule is CC(N)C(=O)c1cc(C(C)(C)C)cc(C(C)(C)C)c1. The molecule has 0 fully saturated rings. The molecule has 0 saturated heterocycles. The molecule has 2 nitrogen and oxygen atoms in total. The van der Waals surface area contributed by atoms with Crippen LogP contribution in [-0.4, -0.2) is 11.8 Å². The Bertz CT molecular complexity index is 441. The molecule has 2 heteroatoms. The number of carbonyl (C=O) groups is 1. The van der Waals surface area contributed by atoms with E-state index in [2.05, 4.69) is 47.6 Å². The van der Waals surface area contributed by atoms with Crippen molar-refractivity contribution in [2.45, 2.75) is 65.3 Å². The molecule has 0 saturated carbocycles. The van der Waals surface area contributed by atoms with Crippen LogP contribution in [0.25, 0.3) is 0 Å². The lowest BCUT2D eigenvalue weighted by Crippen LogP contribution is -2.28. The topological polar surface area (TPSA) is 43.1 Å². The van der Waals surface area contributed by atoms with Crippen LogP contribution in [0.1, 0.15) is 70.0 Å². The maximum Gasteiger partial charge on any atom is 0.179 e. The minimum absolute atomic E-state index is 0.0107. The van der Waals surface area contributed by atoms with Crippen LogP contribution in [0.15, 0.2) is 18.2 Å². The summed E-state index contributed by atoms with van der Waals surface area (Å²) in [4.78, 5) is 12.2. The number of nitrogens with two attached hydrogens (primary N) is 1. The van der Waals surface area contributed by atoms with Gasteiger partial charge in [0.05, 0.1) is 6.04 Å². The number of Topliss-reactive ketones (excluding diaryl/α,β-unsaturated/α-hetero) is 1. The van der Waals surface area contributed by atoms with Crippen molar-refractivity contribution in [3.8, 4) is 0 Å². The molecule has 1 atom stereocenters. The van der Waals surface area contributed by atoms with Gasteiger partial charge in [-0.25, -0.2) is 0 Å². The van der Waals surface area contributed by atoms with Crippen LogP contribution < -0.4 is 5.73 Å². The van der Waals surface area contributed by atoms with Gasteiger partial charge < -0.3 is 5.73 Å². The summed E-state index contributed by atoms with van der Waals surface area (Å²) < 4.78 is 0. The smallest absolute Gasteiger partial charge is 0.179 e. The van der Waals surface area contributed by atoms with Gasteiger partial charge in [0, 0.05) is 5.56 Å². The highest BCUT2D eigenvalue weighted by Crippen LogP contribution is 2.30. The van der Waals surface area contributed by atoms with Crippen LogP contribution in [0.3, 0.4) is 0 Å². The molecule has 106 valence electrons. The number of hydrogen-bond donors (Lipinski definition) is 1. The molecule has 0 aliphatic heterocycles. The van der Waals surface area contributed by atoms with E-state index in [1.807, 2.05) is 12.1 Å². The summed E-state index contributed by atoms with van der Waals surface area (Å²) >= 11 is 0. The molecule has 19 heavy (non-hydrogen) atoms. The van der Waals surface area contributed by atoms with Crippen molar-refractivity contribution in [1.29, 1.82) is 0 Å². The van der Waals surface area contributed by atoms with Crippen molar-refractivity contribution in [3.05, 3.63) is 34.9 Å². The predicted molar refractivity (Wildman–Crippen MR) is 81.8 cm³/mol. The first-order valence-electron chi connectivity index (χ1n) is 6.89. The average molecular weight is 261 g/mol. The summed E-state index contributed by atoms with van der Waals surface area (Å²) in [6.45, 7) is 14.7. The highest BCUT2D eigenvalue weighted by Gasteiger charge is 2.22. The Hall–Kier alpha value is -1.15. The summed E-state index contributed by atoms with van der Waals surface area (Å²) in [7, 11) is 0. The highest BCUT2D eigenvalue weighted by atomic mass is 16.1. The van der Waals surface area contributed by atoms with E-state index in [0.717, 1.165) is 5.56 Å². The van der Waals surface area contributed by atoms with Crippen molar-refractivity contribution in [2.24, 2.45) is 5.73 Å². The zero-order valence-corrected chi connectivity index (χ0v) is 13.3. The summed E-state index contributed by atoms with van der Waals surface area (Å²) in [6, 6.07) is 5.72. The maximum absolute atomic E-state index is 12.2. The zero-order chi connectivity index (χ0) is 15.0. The normalized spacial score (nSPS) is 14.3. The predicted octanol–water partition coefficient (Wildman–Crippen LogP) is 3.81. The van der Waals surface area contributed by atoms with Gasteiger partial charge in [-0.3, -0.25) is 4.79 Å². The second-order valence-electron chi connectivity index (χ2n) is 7.45. The van der Waals surface area contributed by atoms with E-state index in [1.165, 1.54) is 11.1 Å². The van der Waals surface area contributed by atoms with Crippen molar-refractivity contribution >= 4 is 5.78 Å². The fraction of sp³-hybridized carbons (Fsp3) is 0.588. The lowest BCUT2D eigenvalue weighted by molar-refractivity contribution is 0.0967. The lowest BCUT2D eigenvalue weighted by atomic mass is 9.79. The summed E-state index contributed by atoms with van der Waals surface area (Å²) in [5.41, 5.74) is 8.88. The van der Waals surface area contributed by atoms with Gasteiger partial charge in [0.25, 0.3) is 0 Å². The molecule has 0 bridgehead atoms. The number of benzene rings is 1. The van der Waals surface area contributed by atoms with E-state index in [9.17, 15) is 4.79 Å². The van der Waals surface area contributed by atoms with E-state index < -0.39 is 6.04 Å². The fourth-order valence-corrected chi connectivity index (χ4v) is 1.90. The minimum atomic E-state index is -0.456.